The average Bonchev–Trinajstić information content (AvgIpc) is 1.98. The van der Waals surface area contributed by atoms with E-state index in [9.17, 15) is 26.4 Å². The van der Waals surface area contributed by atoms with Crippen molar-refractivity contribution in [1.82, 2.24) is 0 Å². The maximum atomic E-state index is 11.6. The predicted molar refractivity (Wildman–Crippen MR) is 50.8 cm³/mol. The van der Waals surface area contributed by atoms with Gasteiger partial charge in [-0.3, -0.25) is 4.79 Å². The van der Waals surface area contributed by atoms with E-state index in [2.05, 4.69) is 4.74 Å². The van der Waals surface area contributed by atoms with E-state index in [1.54, 1.807) is 0 Å². The van der Waals surface area contributed by atoms with Gasteiger partial charge in [0.1, 0.15) is 23.1 Å². The minimum absolute atomic E-state index is 0.0923. The molecule has 0 unspecified atom stereocenters. The lowest BCUT2D eigenvalue weighted by Gasteiger charge is -2.06. The Morgan fingerprint density at radius 3 is 2.31 bits per heavy atom. The molecule has 0 spiro atoms. The Hall–Kier alpha value is -0.630. The molecule has 0 amide bonds. The summed E-state index contributed by atoms with van der Waals surface area (Å²) in [7, 11) is -3.14. The van der Waals surface area contributed by atoms with Gasteiger partial charge in [0, 0.05) is 12.7 Å². The van der Waals surface area contributed by atoms with E-state index >= 15 is 0 Å². The Kier molecular flexibility index (Phi) is 5.95. The summed E-state index contributed by atoms with van der Waals surface area (Å²) >= 11 is 0. The van der Waals surface area contributed by atoms with Gasteiger partial charge in [0.05, 0.1) is 5.75 Å². The number of rotatable bonds is 7. The molecule has 0 aromatic heterocycles. The summed E-state index contributed by atoms with van der Waals surface area (Å²) in [6.07, 6.45) is -3.41. The smallest absolute Gasteiger partial charge is 0.364 e. The van der Waals surface area contributed by atoms with Crippen LogP contribution in [0.15, 0.2) is 0 Å². The summed E-state index contributed by atoms with van der Waals surface area (Å²) in [6, 6.07) is 0. The molecule has 0 aromatic rings. The molecule has 0 atom stereocenters. The van der Waals surface area contributed by atoms with E-state index in [1.165, 1.54) is 0 Å². The molecule has 0 radical (unpaired) electrons. The second-order valence-electron chi connectivity index (χ2n) is 3.38. The Labute approximate surface area is 91.7 Å². The lowest BCUT2D eigenvalue weighted by atomic mass is 10.2. The van der Waals surface area contributed by atoms with Gasteiger partial charge in [0.2, 0.25) is 0 Å². The Balaban J connectivity index is 3.61. The number of halogens is 3. The van der Waals surface area contributed by atoms with E-state index in [0.29, 0.717) is 0 Å². The first kappa shape index (κ1) is 15.4. The van der Waals surface area contributed by atoms with Crippen molar-refractivity contribution in [1.29, 1.82) is 0 Å². The normalized spacial score (nSPS) is 12.8. The SMILES string of the molecule is CS(=O)(=O)CCCC(=O)COCC(F)(F)F. The summed E-state index contributed by atoms with van der Waals surface area (Å²) in [6.45, 7) is -2.10. The summed E-state index contributed by atoms with van der Waals surface area (Å²) in [4.78, 5) is 10.9. The van der Waals surface area contributed by atoms with Crippen LogP contribution in [-0.2, 0) is 19.4 Å². The molecule has 0 aliphatic rings. The molecule has 0 aliphatic heterocycles. The highest BCUT2D eigenvalue weighted by atomic mass is 32.2. The molecule has 0 N–H and O–H groups in total. The molecule has 0 bridgehead atoms. The van der Waals surface area contributed by atoms with Crippen LogP contribution in [0.5, 0.6) is 0 Å². The zero-order chi connectivity index (χ0) is 12.8. The van der Waals surface area contributed by atoms with Crippen molar-refractivity contribution in [2.75, 3.05) is 25.2 Å². The van der Waals surface area contributed by atoms with E-state index in [-0.39, 0.29) is 18.6 Å². The average molecular weight is 262 g/mol. The molecule has 8 heteroatoms. The third kappa shape index (κ3) is 11.4. The minimum Gasteiger partial charge on any atom is -0.364 e. The maximum absolute atomic E-state index is 11.6. The second kappa shape index (κ2) is 6.19. The Morgan fingerprint density at radius 2 is 1.88 bits per heavy atom. The van der Waals surface area contributed by atoms with Crippen molar-refractivity contribution < 1.29 is 31.1 Å². The van der Waals surface area contributed by atoms with E-state index in [0.717, 1.165) is 6.26 Å². The van der Waals surface area contributed by atoms with Gasteiger partial charge in [-0.1, -0.05) is 0 Å². The molecule has 0 saturated heterocycles. The summed E-state index contributed by atoms with van der Waals surface area (Å²) in [5, 5.41) is 0. The Morgan fingerprint density at radius 1 is 1.31 bits per heavy atom. The molecule has 0 heterocycles. The van der Waals surface area contributed by atoms with Crippen LogP contribution >= 0.6 is 0 Å². The highest BCUT2D eigenvalue weighted by Gasteiger charge is 2.27. The van der Waals surface area contributed by atoms with E-state index in [4.69, 9.17) is 0 Å². The summed E-state index contributed by atoms with van der Waals surface area (Å²) < 4.78 is 60.2. The number of hydrogen-bond acceptors (Lipinski definition) is 4. The number of ketones is 1. The predicted octanol–water partition coefficient (Wildman–Crippen LogP) is 0.959. The van der Waals surface area contributed by atoms with Gasteiger partial charge in [-0.2, -0.15) is 13.2 Å². The van der Waals surface area contributed by atoms with Gasteiger partial charge in [0.15, 0.2) is 5.78 Å². The maximum Gasteiger partial charge on any atom is 0.411 e. The first-order chi connectivity index (χ1) is 7.10. The third-order valence-corrected chi connectivity index (χ3v) is 2.53. The lowest BCUT2D eigenvalue weighted by Crippen LogP contribution is -2.20. The van der Waals surface area contributed by atoms with Crippen LogP contribution in [-0.4, -0.2) is 45.6 Å². The van der Waals surface area contributed by atoms with Crippen LogP contribution in [0.25, 0.3) is 0 Å². The Bertz CT molecular complexity index is 321. The number of ether oxygens (including phenoxy) is 1. The van der Waals surface area contributed by atoms with Gasteiger partial charge in [0.25, 0.3) is 0 Å². The molecule has 0 aliphatic carbocycles. The largest absolute Gasteiger partial charge is 0.411 e. The summed E-state index contributed by atoms with van der Waals surface area (Å²) in [5.41, 5.74) is 0. The van der Waals surface area contributed by atoms with E-state index < -0.39 is 35.0 Å². The number of sulfone groups is 1. The van der Waals surface area contributed by atoms with Crippen LogP contribution in [0.2, 0.25) is 0 Å². The molecule has 16 heavy (non-hydrogen) atoms. The van der Waals surface area contributed by atoms with Crippen molar-refractivity contribution >= 4 is 15.6 Å². The van der Waals surface area contributed by atoms with Crippen LogP contribution < -0.4 is 0 Å². The number of carbonyl (C=O) groups is 1. The number of Topliss-reactive ketones (excluding diaryl/α,β-unsaturated/α-hetero) is 1. The van der Waals surface area contributed by atoms with Gasteiger partial charge >= 0.3 is 6.18 Å². The molecule has 96 valence electrons. The van der Waals surface area contributed by atoms with Gasteiger partial charge in [-0.15, -0.1) is 0 Å². The summed E-state index contributed by atoms with van der Waals surface area (Å²) in [5.74, 6) is -0.689. The van der Waals surface area contributed by atoms with Crippen molar-refractivity contribution in [2.24, 2.45) is 0 Å². The third-order valence-electron chi connectivity index (χ3n) is 1.50. The molecule has 0 saturated carbocycles. The first-order valence-corrected chi connectivity index (χ1v) is 6.50. The van der Waals surface area contributed by atoms with Crippen molar-refractivity contribution in [2.45, 2.75) is 19.0 Å². The molecular formula is C8H13F3O4S. The number of carbonyl (C=O) groups excluding carboxylic acids is 1. The van der Waals surface area contributed by atoms with Crippen molar-refractivity contribution in [3.63, 3.8) is 0 Å². The van der Waals surface area contributed by atoms with Crippen molar-refractivity contribution in [3.05, 3.63) is 0 Å². The lowest BCUT2D eigenvalue weighted by molar-refractivity contribution is -0.175. The van der Waals surface area contributed by atoms with Crippen LogP contribution in [0.1, 0.15) is 12.8 Å². The van der Waals surface area contributed by atoms with Crippen LogP contribution in [0, 0.1) is 0 Å². The van der Waals surface area contributed by atoms with Crippen molar-refractivity contribution in [3.8, 4) is 0 Å². The molecular weight excluding hydrogens is 249 g/mol. The number of hydrogen-bond donors (Lipinski definition) is 0. The second-order valence-corrected chi connectivity index (χ2v) is 5.64. The number of alkyl halides is 3. The molecule has 0 rings (SSSR count). The monoisotopic (exact) mass is 262 g/mol. The molecule has 0 fully saturated rings. The van der Waals surface area contributed by atoms with Crippen LogP contribution in [0.4, 0.5) is 13.2 Å². The van der Waals surface area contributed by atoms with Gasteiger partial charge in [-0.25, -0.2) is 8.42 Å². The van der Waals surface area contributed by atoms with E-state index in [1.807, 2.05) is 0 Å². The van der Waals surface area contributed by atoms with Crippen LogP contribution in [0.3, 0.4) is 0 Å². The minimum atomic E-state index is -4.45. The molecule has 4 nitrogen and oxygen atoms in total. The fourth-order valence-electron chi connectivity index (χ4n) is 0.884. The fourth-order valence-corrected chi connectivity index (χ4v) is 1.55. The zero-order valence-electron chi connectivity index (χ0n) is 8.71. The highest BCUT2D eigenvalue weighted by molar-refractivity contribution is 7.90. The quantitative estimate of drug-likeness (QED) is 0.685. The van der Waals surface area contributed by atoms with Gasteiger partial charge < -0.3 is 4.74 Å². The zero-order valence-corrected chi connectivity index (χ0v) is 9.53. The highest BCUT2D eigenvalue weighted by Crippen LogP contribution is 2.14. The topological polar surface area (TPSA) is 60.4 Å². The standard InChI is InChI=1S/C8H13F3O4S/c1-16(13,14)4-2-3-7(12)5-15-6-8(9,10)11/h2-6H2,1H3. The molecule has 0 aromatic carbocycles. The van der Waals surface area contributed by atoms with Gasteiger partial charge in [-0.05, 0) is 6.42 Å². The fraction of sp³-hybridized carbons (Fsp3) is 0.875. The first-order valence-electron chi connectivity index (χ1n) is 4.44.